The maximum Gasteiger partial charge on any atom is 0.259 e. The molecule has 136 valence electrons. The second-order valence-corrected chi connectivity index (χ2v) is 8.56. The van der Waals surface area contributed by atoms with Gasteiger partial charge in [0.1, 0.15) is 10.7 Å². The van der Waals surface area contributed by atoms with Gasteiger partial charge >= 0.3 is 0 Å². The van der Waals surface area contributed by atoms with E-state index in [0.29, 0.717) is 18.0 Å². The summed E-state index contributed by atoms with van der Waals surface area (Å²) < 4.78 is 0. The number of nitrogens with zero attached hydrogens (tertiary/aromatic N) is 3. The molecule has 1 aliphatic rings. The maximum absolute atomic E-state index is 12.3. The Hall–Kier alpha value is -2.02. The molecule has 0 spiro atoms. The Bertz CT molecular complexity index is 993. The van der Waals surface area contributed by atoms with Gasteiger partial charge in [-0.1, -0.05) is 24.3 Å². The molecular formula is C20H24N4OS. The number of likely N-dealkylation sites (N-methyl/N-ethyl adjacent to an activating group) is 2. The zero-order chi connectivity index (χ0) is 18.3. The van der Waals surface area contributed by atoms with E-state index in [0.717, 1.165) is 35.0 Å². The van der Waals surface area contributed by atoms with Crippen LogP contribution in [0.3, 0.4) is 0 Å². The molecule has 0 radical (unpaired) electrons. The summed E-state index contributed by atoms with van der Waals surface area (Å²) in [6.45, 7) is 4.59. The molecule has 1 atom stereocenters. The average Bonchev–Trinajstić information content (AvgIpc) is 2.96. The van der Waals surface area contributed by atoms with Crippen molar-refractivity contribution < 1.29 is 0 Å². The van der Waals surface area contributed by atoms with Gasteiger partial charge < -0.3 is 4.98 Å². The Morgan fingerprint density at radius 1 is 1.35 bits per heavy atom. The van der Waals surface area contributed by atoms with E-state index in [1.165, 1.54) is 11.1 Å². The van der Waals surface area contributed by atoms with E-state index in [9.17, 15) is 4.79 Å². The van der Waals surface area contributed by atoms with Gasteiger partial charge in [0.05, 0.1) is 11.9 Å². The molecule has 0 aliphatic carbocycles. The topological polar surface area (TPSA) is 52.2 Å². The van der Waals surface area contributed by atoms with E-state index in [4.69, 9.17) is 0 Å². The Morgan fingerprint density at radius 3 is 2.92 bits per heavy atom. The van der Waals surface area contributed by atoms with Crippen LogP contribution in [-0.2, 0) is 19.5 Å². The number of fused-ring (bicyclic) bond motifs is 2. The number of nitrogens with one attached hydrogen (secondary N) is 1. The van der Waals surface area contributed by atoms with Crippen molar-refractivity contribution in [2.45, 2.75) is 32.5 Å². The fourth-order valence-corrected chi connectivity index (χ4v) is 4.67. The third kappa shape index (κ3) is 3.45. The van der Waals surface area contributed by atoms with E-state index in [1.54, 1.807) is 11.3 Å². The van der Waals surface area contributed by atoms with Gasteiger partial charge in [-0.05, 0) is 44.6 Å². The summed E-state index contributed by atoms with van der Waals surface area (Å²) in [6.07, 6.45) is 1.06. The van der Waals surface area contributed by atoms with Crippen molar-refractivity contribution >= 4 is 21.6 Å². The number of aromatic amines is 1. The Balaban J connectivity index is 1.47. The zero-order valence-corrected chi connectivity index (χ0v) is 16.3. The van der Waals surface area contributed by atoms with Crippen LogP contribution in [0, 0.1) is 6.92 Å². The monoisotopic (exact) mass is 368 g/mol. The summed E-state index contributed by atoms with van der Waals surface area (Å²) in [4.78, 5) is 26.5. The summed E-state index contributed by atoms with van der Waals surface area (Å²) >= 11 is 1.58. The molecule has 3 heterocycles. The third-order valence-corrected chi connectivity index (χ3v) is 6.08. The van der Waals surface area contributed by atoms with Gasteiger partial charge in [0.15, 0.2) is 0 Å². The first-order chi connectivity index (χ1) is 12.5. The molecule has 0 saturated carbocycles. The van der Waals surface area contributed by atoms with Crippen molar-refractivity contribution in [3.8, 4) is 0 Å². The van der Waals surface area contributed by atoms with Crippen molar-refractivity contribution in [3.05, 3.63) is 62.5 Å². The Labute approximate surface area is 157 Å². The van der Waals surface area contributed by atoms with Crippen molar-refractivity contribution in [2.75, 3.05) is 20.6 Å². The van der Waals surface area contributed by atoms with Crippen molar-refractivity contribution in [3.63, 3.8) is 0 Å². The molecule has 4 rings (SSSR count). The lowest BCUT2D eigenvalue weighted by Crippen LogP contribution is -2.44. The van der Waals surface area contributed by atoms with Gasteiger partial charge in [0, 0.05) is 24.0 Å². The fraction of sp³-hybridized carbons (Fsp3) is 0.400. The molecule has 1 N–H and O–H groups in total. The lowest BCUT2D eigenvalue weighted by molar-refractivity contribution is 0.157. The van der Waals surface area contributed by atoms with E-state index >= 15 is 0 Å². The summed E-state index contributed by atoms with van der Waals surface area (Å²) in [6, 6.07) is 11.1. The molecule has 0 amide bonds. The van der Waals surface area contributed by atoms with Gasteiger partial charge in [0.25, 0.3) is 5.56 Å². The van der Waals surface area contributed by atoms with Crippen LogP contribution in [0.4, 0.5) is 0 Å². The van der Waals surface area contributed by atoms with E-state index in [1.807, 2.05) is 13.0 Å². The molecule has 3 aromatic rings. The molecular weight excluding hydrogens is 344 g/mol. The van der Waals surface area contributed by atoms with E-state index < -0.39 is 0 Å². The summed E-state index contributed by atoms with van der Waals surface area (Å²) in [5.41, 5.74) is 2.84. The second-order valence-electron chi connectivity index (χ2n) is 7.33. The standard InChI is InChI=1S/C20H24N4OS/c1-13-8-17-19(25)21-18(22-20(17)26-13)12-23(2)11-16-9-14-6-4-5-7-15(14)10-24(16)3/h4-8,16H,9-12H2,1-3H3,(H,21,22,25)/t16-/m0/s1. The van der Waals surface area contributed by atoms with Crippen LogP contribution in [-0.4, -0.2) is 46.4 Å². The molecule has 5 nitrogen and oxygen atoms in total. The lowest BCUT2D eigenvalue weighted by atomic mass is 9.94. The van der Waals surface area contributed by atoms with Crippen LogP contribution in [0.2, 0.25) is 0 Å². The van der Waals surface area contributed by atoms with Crippen molar-refractivity contribution in [2.24, 2.45) is 0 Å². The summed E-state index contributed by atoms with van der Waals surface area (Å²) in [5.74, 6) is 0.741. The molecule has 0 unspecified atom stereocenters. The highest BCUT2D eigenvalue weighted by molar-refractivity contribution is 7.18. The molecule has 1 aliphatic heterocycles. The van der Waals surface area contributed by atoms with Crippen LogP contribution >= 0.6 is 11.3 Å². The summed E-state index contributed by atoms with van der Waals surface area (Å²) in [5, 5.41) is 0.697. The molecule has 0 bridgehead atoms. The number of hydrogen-bond donors (Lipinski definition) is 1. The first-order valence-corrected chi connectivity index (χ1v) is 9.76. The predicted molar refractivity (Wildman–Crippen MR) is 107 cm³/mol. The molecule has 0 fully saturated rings. The zero-order valence-electron chi connectivity index (χ0n) is 15.5. The number of H-pyrrole nitrogens is 1. The van der Waals surface area contributed by atoms with Gasteiger partial charge in [-0.2, -0.15) is 0 Å². The molecule has 2 aromatic heterocycles. The molecule has 26 heavy (non-hydrogen) atoms. The SMILES string of the molecule is Cc1cc2c(=O)[nH]c(CN(C)C[C@@H]3Cc4ccccc4CN3C)nc2s1. The number of benzene rings is 1. The maximum atomic E-state index is 12.3. The van der Waals surface area contributed by atoms with Crippen LogP contribution in [0.15, 0.2) is 35.1 Å². The second kappa shape index (κ2) is 6.95. The number of aromatic nitrogens is 2. The first-order valence-electron chi connectivity index (χ1n) is 8.94. The fourth-order valence-electron chi connectivity index (χ4n) is 3.77. The van der Waals surface area contributed by atoms with Crippen molar-refractivity contribution in [1.82, 2.24) is 19.8 Å². The highest BCUT2D eigenvalue weighted by atomic mass is 32.1. The first kappa shape index (κ1) is 17.4. The highest BCUT2D eigenvalue weighted by Gasteiger charge is 2.24. The van der Waals surface area contributed by atoms with Crippen LogP contribution < -0.4 is 5.56 Å². The minimum absolute atomic E-state index is 0.0357. The quantitative estimate of drug-likeness (QED) is 0.769. The van der Waals surface area contributed by atoms with Crippen molar-refractivity contribution in [1.29, 1.82) is 0 Å². The van der Waals surface area contributed by atoms with E-state index in [2.05, 4.69) is 58.1 Å². The normalized spacial score (nSPS) is 17.8. The largest absolute Gasteiger partial charge is 0.309 e. The van der Waals surface area contributed by atoms with E-state index in [-0.39, 0.29) is 5.56 Å². The third-order valence-electron chi connectivity index (χ3n) is 5.13. The minimum Gasteiger partial charge on any atom is -0.309 e. The predicted octanol–water partition coefficient (Wildman–Crippen LogP) is 2.78. The number of rotatable bonds is 4. The average molecular weight is 369 g/mol. The molecule has 1 aromatic carbocycles. The smallest absolute Gasteiger partial charge is 0.259 e. The highest BCUT2D eigenvalue weighted by Crippen LogP contribution is 2.23. The number of aryl methyl sites for hydroxylation is 1. The van der Waals surface area contributed by atoms with Gasteiger partial charge in [-0.25, -0.2) is 4.98 Å². The summed E-state index contributed by atoms with van der Waals surface area (Å²) in [7, 11) is 4.28. The Morgan fingerprint density at radius 2 is 2.12 bits per heavy atom. The van der Waals surface area contributed by atoms with Crippen LogP contribution in [0.1, 0.15) is 21.8 Å². The Kier molecular flexibility index (Phi) is 4.65. The number of hydrogen-bond acceptors (Lipinski definition) is 5. The lowest BCUT2D eigenvalue weighted by Gasteiger charge is -2.36. The molecule has 0 saturated heterocycles. The van der Waals surface area contributed by atoms with Gasteiger partial charge in [-0.3, -0.25) is 14.6 Å². The van der Waals surface area contributed by atoms with Crippen LogP contribution in [0.5, 0.6) is 0 Å². The molecule has 6 heteroatoms. The number of thiophene rings is 1. The van der Waals surface area contributed by atoms with Crippen LogP contribution in [0.25, 0.3) is 10.2 Å². The minimum atomic E-state index is -0.0357. The van der Waals surface area contributed by atoms with Gasteiger partial charge in [-0.15, -0.1) is 11.3 Å². The van der Waals surface area contributed by atoms with Gasteiger partial charge in [0.2, 0.25) is 0 Å².